The van der Waals surface area contributed by atoms with Crippen LogP contribution in [0.1, 0.15) is 18.9 Å². The summed E-state index contributed by atoms with van der Waals surface area (Å²) < 4.78 is 13.9. The maximum atomic E-state index is 13.9. The molecule has 1 aliphatic heterocycles. The van der Waals surface area contributed by atoms with Crippen LogP contribution in [0.3, 0.4) is 0 Å². The van der Waals surface area contributed by atoms with Crippen molar-refractivity contribution in [3.8, 4) is 0 Å². The summed E-state index contributed by atoms with van der Waals surface area (Å²) in [5.74, 6) is 0.916. The van der Waals surface area contributed by atoms with Crippen LogP contribution in [0.15, 0.2) is 47.6 Å². The number of pyridine rings is 1. The summed E-state index contributed by atoms with van der Waals surface area (Å²) in [7, 11) is 0. The standard InChI is InChI=1S/C20H25ClFN5/c1-2-23-20(25-12-9-15-6-3-4-7-17(15)21)26-16-10-13-27(14-16)19-18(22)8-5-11-24-19/h3-8,11,16H,2,9-10,12-14H2,1H3,(H2,23,25,26). The zero-order chi connectivity index (χ0) is 19.1. The van der Waals surface area contributed by atoms with Crippen LogP contribution < -0.4 is 15.5 Å². The summed E-state index contributed by atoms with van der Waals surface area (Å²) in [5.41, 5.74) is 1.09. The molecule has 1 aliphatic rings. The summed E-state index contributed by atoms with van der Waals surface area (Å²) in [5, 5.41) is 7.50. The molecular weight excluding hydrogens is 365 g/mol. The molecule has 2 heterocycles. The Morgan fingerprint density at radius 1 is 1.33 bits per heavy atom. The van der Waals surface area contributed by atoms with E-state index in [0.29, 0.717) is 18.9 Å². The van der Waals surface area contributed by atoms with Gasteiger partial charge in [-0.3, -0.25) is 4.99 Å². The molecule has 2 N–H and O–H groups in total. The van der Waals surface area contributed by atoms with Crippen molar-refractivity contribution in [2.45, 2.75) is 25.8 Å². The average molecular weight is 390 g/mol. The molecule has 2 aromatic rings. The maximum absolute atomic E-state index is 13.9. The Kier molecular flexibility index (Phi) is 6.87. The lowest BCUT2D eigenvalue weighted by Crippen LogP contribution is -2.44. The monoisotopic (exact) mass is 389 g/mol. The Balaban J connectivity index is 1.56. The van der Waals surface area contributed by atoms with Gasteiger partial charge in [0.05, 0.1) is 0 Å². The van der Waals surface area contributed by atoms with Crippen molar-refractivity contribution in [2.24, 2.45) is 4.99 Å². The summed E-state index contributed by atoms with van der Waals surface area (Å²) in [6.45, 7) is 4.93. The largest absolute Gasteiger partial charge is 0.357 e. The van der Waals surface area contributed by atoms with Gasteiger partial charge in [-0.2, -0.15) is 0 Å². The molecule has 1 aromatic carbocycles. The van der Waals surface area contributed by atoms with E-state index in [-0.39, 0.29) is 11.9 Å². The second-order valence-corrected chi connectivity index (χ2v) is 6.89. The second-order valence-electron chi connectivity index (χ2n) is 6.49. The van der Waals surface area contributed by atoms with Crippen molar-refractivity contribution in [3.63, 3.8) is 0 Å². The van der Waals surface area contributed by atoms with Crippen molar-refractivity contribution in [3.05, 3.63) is 59.0 Å². The highest BCUT2D eigenvalue weighted by atomic mass is 35.5. The number of halogens is 2. The predicted molar refractivity (Wildman–Crippen MR) is 109 cm³/mol. The van der Waals surface area contributed by atoms with Crippen LogP contribution in [-0.4, -0.2) is 43.2 Å². The van der Waals surface area contributed by atoms with Crippen molar-refractivity contribution in [1.29, 1.82) is 0 Å². The number of anilines is 1. The zero-order valence-electron chi connectivity index (χ0n) is 15.5. The minimum absolute atomic E-state index is 0.199. The first kappa shape index (κ1) is 19.4. The SMILES string of the molecule is CCNC(=NCCc1ccccc1Cl)NC1CCN(c2ncccc2F)C1. The first-order valence-electron chi connectivity index (χ1n) is 9.31. The number of hydrogen-bond acceptors (Lipinski definition) is 3. The van der Waals surface area contributed by atoms with Crippen LogP contribution in [0.2, 0.25) is 5.02 Å². The quantitative estimate of drug-likeness (QED) is 0.588. The van der Waals surface area contributed by atoms with E-state index in [1.165, 1.54) is 6.07 Å². The van der Waals surface area contributed by atoms with Crippen LogP contribution in [0.25, 0.3) is 0 Å². The molecule has 3 rings (SSSR count). The molecule has 1 fully saturated rings. The summed E-state index contributed by atoms with van der Waals surface area (Å²) in [6, 6.07) is 11.1. The van der Waals surface area contributed by atoms with Gasteiger partial charge >= 0.3 is 0 Å². The number of aromatic nitrogens is 1. The molecule has 144 valence electrons. The number of nitrogens with one attached hydrogen (secondary N) is 2. The fourth-order valence-electron chi connectivity index (χ4n) is 3.18. The van der Waals surface area contributed by atoms with Gasteiger partial charge in [-0.25, -0.2) is 9.37 Å². The van der Waals surface area contributed by atoms with E-state index in [1.54, 1.807) is 12.3 Å². The van der Waals surface area contributed by atoms with Crippen LogP contribution in [0.4, 0.5) is 10.2 Å². The molecular formula is C20H25ClFN5. The minimum Gasteiger partial charge on any atom is -0.357 e. The summed E-state index contributed by atoms with van der Waals surface area (Å²) in [6.07, 6.45) is 3.32. The highest BCUT2D eigenvalue weighted by Gasteiger charge is 2.25. The van der Waals surface area contributed by atoms with Gasteiger partial charge in [-0.15, -0.1) is 0 Å². The molecule has 27 heavy (non-hydrogen) atoms. The maximum Gasteiger partial charge on any atom is 0.191 e. The number of aliphatic imine (C=N–C) groups is 1. The van der Waals surface area contributed by atoms with Crippen LogP contribution >= 0.6 is 11.6 Å². The van der Waals surface area contributed by atoms with Gasteiger partial charge in [-0.1, -0.05) is 29.8 Å². The van der Waals surface area contributed by atoms with E-state index in [2.05, 4.69) is 20.6 Å². The molecule has 0 radical (unpaired) electrons. The van der Waals surface area contributed by atoms with Gasteiger partial charge in [0.2, 0.25) is 0 Å². The molecule has 1 atom stereocenters. The molecule has 7 heteroatoms. The molecule has 0 saturated carbocycles. The molecule has 1 aromatic heterocycles. The summed E-state index contributed by atoms with van der Waals surface area (Å²) >= 11 is 6.20. The molecule has 1 saturated heterocycles. The Bertz CT molecular complexity index is 782. The topological polar surface area (TPSA) is 52.6 Å². The van der Waals surface area contributed by atoms with Gasteiger partial charge in [0.15, 0.2) is 17.6 Å². The molecule has 0 spiro atoms. The summed E-state index contributed by atoms with van der Waals surface area (Å²) in [4.78, 5) is 10.8. The lowest BCUT2D eigenvalue weighted by molar-refractivity contribution is 0.612. The van der Waals surface area contributed by atoms with Crippen LogP contribution in [0.5, 0.6) is 0 Å². The number of hydrogen-bond donors (Lipinski definition) is 2. The Morgan fingerprint density at radius 2 is 2.19 bits per heavy atom. The smallest absolute Gasteiger partial charge is 0.191 e. The molecule has 0 bridgehead atoms. The fraction of sp³-hybridized carbons (Fsp3) is 0.400. The fourth-order valence-corrected chi connectivity index (χ4v) is 3.41. The van der Waals surface area contributed by atoms with E-state index in [9.17, 15) is 4.39 Å². The lowest BCUT2D eigenvalue weighted by Gasteiger charge is -2.20. The second kappa shape index (κ2) is 9.55. The molecule has 1 unspecified atom stereocenters. The lowest BCUT2D eigenvalue weighted by atomic mass is 10.1. The highest BCUT2D eigenvalue weighted by molar-refractivity contribution is 6.31. The third-order valence-electron chi connectivity index (χ3n) is 4.52. The van der Waals surface area contributed by atoms with Crippen molar-refractivity contribution >= 4 is 23.4 Å². The predicted octanol–water partition coefficient (Wildman–Crippen LogP) is 3.25. The van der Waals surface area contributed by atoms with E-state index < -0.39 is 0 Å². The zero-order valence-corrected chi connectivity index (χ0v) is 16.2. The van der Waals surface area contributed by atoms with Gasteiger partial charge in [0.25, 0.3) is 0 Å². The molecule has 0 aliphatic carbocycles. The number of rotatable bonds is 6. The van der Waals surface area contributed by atoms with E-state index >= 15 is 0 Å². The molecule has 5 nitrogen and oxygen atoms in total. The van der Waals surface area contributed by atoms with Crippen molar-refractivity contribution < 1.29 is 4.39 Å². The van der Waals surface area contributed by atoms with E-state index in [4.69, 9.17) is 11.6 Å². The van der Waals surface area contributed by atoms with E-state index in [0.717, 1.165) is 42.5 Å². The third-order valence-corrected chi connectivity index (χ3v) is 4.89. The van der Waals surface area contributed by atoms with Gasteiger partial charge < -0.3 is 15.5 Å². The van der Waals surface area contributed by atoms with Crippen LogP contribution in [0, 0.1) is 5.82 Å². The first-order valence-corrected chi connectivity index (χ1v) is 9.69. The number of nitrogens with zero attached hydrogens (tertiary/aromatic N) is 3. The molecule has 0 amide bonds. The minimum atomic E-state index is -0.279. The normalized spacial score (nSPS) is 17.2. The van der Waals surface area contributed by atoms with E-state index in [1.807, 2.05) is 36.1 Å². The van der Waals surface area contributed by atoms with Crippen molar-refractivity contribution in [1.82, 2.24) is 15.6 Å². The number of guanidine groups is 1. The van der Waals surface area contributed by atoms with Crippen molar-refractivity contribution in [2.75, 3.05) is 31.1 Å². The average Bonchev–Trinajstić information content (AvgIpc) is 3.12. The number of benzene rings is 1. The Hall–Kier alpha value is -2.34. The van der Waals surface area contributed by atoms with Gasteiger partial charge in [-0.05, 0) is 43.5 Å². The third kappa shape index (κ3) is 5.32. The highest BCUT2D eigenvalue weighted by Crippen LogP contribution is 2.20. The van der Waals surface area contributed by atoms with Crippen LogP contribution in [-0.2, 0) is 6.42 Å². The van der Waals surface area contributed by atoms with Gasteiger partial charge in [0, 0.05) is 43.4 Å². The first-order chi connectivity index (χ1) is 13.2. The Labute approximate surface area is 164 Å². The Morgan fingerprint density at radius 3 is 2.96 bits per heavy atom. The van der Waals surface area contributed by atoms with Gasteiger partial charge in [0.1, 0.15) is 0 Å².